The van der Waals surface area contributed by atoms with Crippen LogP contribution in [-0.2, 0) is 9.53 Å². The number of benzene rings is 1. The van der Waals surface area contributed by atoms with Crippen molar-refractivity contribution in [2.24, 2.45) is 5.73 Å². The minimum Gasteiger partial charge on any atom is -0.465 e. The maximum absolute atomic E-state index is 12.4. The van der Waals surface area contributed by atoms with Gasteiger partial charge in [0, 0.05) is 12.4 Å². The van der Waals surface area contributed by atoms with E-state index in [1.54, 1.807) is 18.5 Å². The van der Waals surface area contributed by atoms with Crippen molar-refractivity contribution in [2.75, 3.05) is 7.11 Å². The maximum Gasteiger partial charge on any atom is 0.340 e. The van der Waals surface area contributed by atoms with Crippen LogP contribution in [0.15, 0.2) is 66.3 Å². The van der Waals surface area contributed by atoms with Gasteiger partial charge in [-0.25, -0.2) is 4.79 Å². The number of ether oxygens (including phenoxy) is 2. The van der Waals surface area contributed by atoms with Crippen molar-refractivity contribution >= 4 is 5.97 Å². The summed E-state index contributed by atoms with van der Waals surface area (Å²) in [5.74, 6) is -0.747. The van der Waals surface area contributed by atoms with Gasteiger partial charge in [0.05, 0.1) is 24.3 Å². The molecule has 0 amide bonds. The highest BCUT2D eigenvalue weighted by Crippen LogP contribution is 2.45. The number of hydrogen-bond acceptors (Lipinski definition) is 6. The number of nitrogens with two attached hydrogens (primary N) is 1. The highest BCUT2D eigenvalue weighted by Gasteiger charge is 2.39. The first-order chi connectivity index (χ1) is 12.7. The smallest absolute Gasteiger partial charge is 0.340 e. The van der Waals surface area contributed by atoms with E-state index in [0.29, 0.717) is 5.88 Å². The van der Waals surface area contributed by atoms with E-state index in [4.69, 9.17) is 15.2 Å². The Morgan fingerprint density at radius 1 is 1.23 bits per heavy atom. The van der Waals surface area contributed by atoms with Crippen molar-refractivity contribution in [1.29, 1.82) is 0 Å². The molecule has 0 radical (unpaired) electrons. The topological polar surface area (TPSA) is 103 Å². The van der Waals surface area contributed by atoms with Crippen molar-refractivity contribution < 1.29 is 14.3 Å². The molecule has 0 bridgehead atoms. The zero-order chi connectivity index (χ0) is 18.1. The standard InChI is InChI=1S/C19H16N4O3/c1-25-19(24)15-13(12-8-5-9-21-10-12)14-16(11-6-3-2-4-7-11)22-23-18(14)26-17(15)20/h2-10,13H,20H2,1H3,(H,22,23)/t13-/m0/s1. The van der Waals surface area contributed by atoms with Crippen LogP contribution in [0.1, 0.15) is 17.0 Å². The van der Waals surface area contributed by atoms with Crippen LogP contribution < -0.4 is 10.5 Å². The SMILES string of the molecule is COC(=O)C1=C(N)Oc2n[nH]c(-c3ccccc3)c2[C@@H]1c1cccnc1. The molecule has 130 valence electrons. The Labute approximate surface area is 149 Å². The zero-order valence-corrected chi connectivity index (χ0v) is 14.0. The summed E-state index contributed by atoms with van der Waals surface area (Å²) in [6.07, 6.45) is 3.36. The number of hydrogen-bond donors (Lipinski definition) is 2. The van der Waals surface area contributed by atoms with E-state index < -0.39 is 11.9 Å². The third kappa shape index (κ3) is 2.50. The Hall–Kier alpha value is -3.61. The van der Waals surface area contributed by atoms with E-state index in [-0.39, 0.29) is 11.5 Å². The van der Waals surface area contributed by atoms with Crippen LogP contribution in [0.3, 0.4) is 0 Å². The van der Waals surface area contributed by atoms with Crippen molar-refractivity contribution in [3.8, 4) is 17.1 Å². The van der Waals surface area contributed by atoms with Crippen LogP contribution in [0.4, 0.5) is 0 Å². The second-order valence-electron chi connectivity index (χ2n) is 5.77. The molecule has 1 atom stereocenters. The number of pyridine rings is 1. The van der Waals surface area contributed by atoms with Crippen molar-refractivity contribution in [3.63, 3.8) is 0 Å². The van der Waals surface area contributed by atoms with Gasteiger partial charge >= 0.3 is 5.97 Å². The Morgan fingerprint density at radius 3 is 2.73 bits per heavy atom. The molecule has 26 heavy (non-hydrogen) atoms. The van der Waals surface area contributed by atoms with Crippen LogP contribution >= 0.6 is 0 Å². The number of aromatic nitrogens is 3. The van der Waals surface area contributed by atoms with Crippen LogP contribution in [-0.4, -0.2) is 28.3 Å². The molecule has 0 fully saturated rings. The Bertz CT molecular complexity index is 981. The fourth-order valence-corrected chi connectivity index (χ4v) is 3.16. The van der Waals surface area contributed by atoms with Gasteiger partial charge in [-0.1, -0.05) is 36.4 Å². The molecule has 2 aromatic heterocycles. The first-order valence-corrected chi connectivity index (χ1v) is 8.00. The maximum atomic E-state index is 12.4. The van der Waals surface area contributed by atoms with Crippen LogP contribution in [0.5, 0.6) is 5.88 Å². The minimum atomic E-state index is -0.554. The van der Waals surface area contributed by atoms with Gasteiger partial charge in [-0.05, 0) is 17.2 Å². The molecular weight excluding hydrogens is 332 g/mol. The molecule has 0 aliphatic carbocycles. The summed E-state index contributed by atoms with van der Waals surface area (Å²) in [6.45, 7) is 0. The molecule has 0 unspecified atom stereocenters. The predicted octanol–water partition coefficient (Wildman–Crippen LogP) is 2.34. The van der Waals surface area contributed by atoms with Gasteiger partial charge < -0.3 is 15.2 Å². The fourth-order valence-electron chi connectivity index (χ4n) is 3.16. The number of H-pyrrole nitrogens is 1. The van der Waals surface area contributed by atoms with Crippen LogP contribution in [0, 0.1) is 0 Å². The van der Waals surface area contributed by atoms with E-state index in [1.165, 1.54) is 7.11 Å². The average Bonchev–Trinajstić information content (AvgIpc) is 3.11. The van der Waals surface area contributed by atoms with E-state index in [1.807, 2.05) is 36.4 Å². The third-order valence-electron chi connectivity index (χ3n) is 4.30. The first-order valence-electron chi connectivity index (χ1n) is 8.00. The number of nitrogens with one attached hydrogen (secondary N) is 1. The number of aromatic amines is 1. The summed E-state index contributed by atoms with van der Waals surface area (Å²) >= 11 is 0. The number of esters is 1. The Morgan fingerprint density at radius 2 is 2.04 bits per heavy atom. The van der Waals surface area contributed by atoms with Gasteiger partial charge in [0.15, 0.2) is 0 Å². The molecule has 3 N–H and O–H groups in total. The van der Waals surface area contributed by atoms with Crippen molar-refractivity contribution in [3.05, 3.63) is 77.4 Å². The number of carbonyl (C=O) groups excluding carboxylic acids is 1. The lowest BCUT2D eigenvalue weighted by Crippen LogP contribution is -2.27. The lowest BCUT2D eigenvalue weighted by molar-refractivity contribution is -0.136. The number of carbonyl (C=O) groups is 1. The zero-order valence-electron chi connectivity index (χ0n) is 14.0. The normalized spacial score (nSPS) is 16.0. The minimum absolute atomic E-state index is 0.0238. The highest BCUT2D eigenvalue weighted by atomic mass is 16.5. The summed E-state index contributed by atoms with van der Waals surface area (Å²) in [6, 6.07) is 13.4. The molecule has 1 aliphatic heterocycles. The Balaban J connectivity index is 1.96. The lowest BCUT2D eigenvalue weighted by atomic mass is 9.83. The Kier molecular flexibility index (Phi) is 3.89. The van der Waals surface area contributed by atoms with Gasteiger partial charge in [0.25, 0.3) is 0 Å². The second kappa shape index (κ2) is 6.36. The van der Waals surface area contributed by atoms with Gasteiger partial charge in [-0.15, -0.1) is 5.10 Å². The quantitative estimate of drug-likeness (QED) is 0.704. The summed E-state index contributed by atoms with van der Waals surface area (Å²) in [7, 11) is 1.31. The summed E-state index contributed by atoms with van der Waals surface area (Å²) in [5.41, 5.74) is 9.44. The molecule has 7 nitrogen and oxygen atoms in total. The van der Waals surface area contributed by atoms with E-state index in [9.17, 15) is 4.79 Å². The molecular formula is C19H16N4O3. The molecule has 3 heterocycles. The number of nitrogens with zero attached hydrogens (tertiary/aromatic N) is 2. The van der Waals surface area contributed by atoms with E-state index in [0.717, 1.165) is 22.4 Å². The largest absolute Gasteiger partial charge is 0.465 e. The molecule has 0 saturated carbocycles. The third-order valence-corrected chi connectivity index (χ3v) is 4.30. The van der Waals surface area contributed by atoms with Crippen LogP contribution in [0.25, 0.3) is 11.3 Å². The molecule has 0 spiro atoms. The van der Waals surface area contributed by atoms with Gasteiger partial charge in [0.2, 0.25) is 11.8 Å². The number of fused-ring (bicyclic) bond motifs is 1. The fraction of sp³-hybridized carbons (Fsp3) is 0.105. The van der Waals surface area contributed by atoms with Gasteiger partial charge in [0.1, 0.15) is 5.57 Å². The second-order valence-corrected chi connectivity index (χ2v) is 5.77. The van der Waals surface area contributed by atoms with Crippen molar-refractivity contribution in [2.45, 2.75) is 5.92 Å². The van der Waals surface area contributed by atoms with Crippen LogP contribution in [0.2, 0.25) is 0 Å². The van der Waals surface area contributed by atoms with Gasteiger partial charge in [-0.2, -0.15) is 0 Å². The van der Waals surface area contributed by atoms with E-state index in [2.05, 4.69) is 15.2 Å². The first kappa shape index (κ1) is 15.9. The molecule has 1 aromatic carbocycles. The number of methoxy groups -OCH3 is 1. The predicted molar refractivity (Wildman–Crippen MR) is 94.0 cm³/mol. The molecule has 7 heteroatoms. The summed E-state index contributed by atoms with van der Waals surface area (Å²) in [5, 5.41) is 7.25. The molecule has 0 saturated heterocycles. The molecule has 3 aromatic rings. The average molecular weight is 348 g/mol. The van der Waals surface area contributed by atoms with Crippen molar-refractivity contribution in [1.82, 2.24) is 15.2 Å². The lowest BCUT2D eigenvalue weighted by Gasteiger charge is -2.25. The molecule has 4 rings (SSSR count). The van der Waals surface area contributed by atoms with Gasteiger partial charge in [-0.3, -0.25) is 10.1 Å². The monoisotopic (exact) mass is 348 g/mol. The summed E-state index contributed by atoms with van der Waals surface area (Å²) < 4.78 is 10.6. The summed E-state index contributed by atoms with van der Waals surface area (Å²) in [4.78, 5) is 16.6. The number of rotatable bonds is 3. The van der Waals surface area contributed by atoms with E-state index >= 15 is 0 Å². The highest BCUT2D eigenvalue weighted by molar-refractivity contribution is 5.93. The molecule has 1 aliphatic rings.